The first-order chi connectivity index (χ1) is 15.3. The predicted molar refractivity (Wildman–Crippen MR) is 101 cm³/mol. The highest BCUT2D eigenvalue weighted by molar-refractivity contribution is 5.93. The van der Waals surface area contributed by atoms with Crippen LogP contribution in [0.4, 0.5) is 26.3 Å². The first-order valence-corrected chi connectivity index (χ1v) is 9.80. The van der Waals surface area contributed by atoms with Gasteiger partial charge in [-0.05, 0) is 31.4 Å². The predicted octanol–water partition coefficient (Wildman–Crippen LogP) is 4.62. The lowest BCUT2D eigenvalue weighted by Crippen LogP contribution is -2.32. The van der Waals surface area contributed by atoms with E-state index in [1.807, 2.05) is 0 Å². The van der Waals surface area contributed by atoms with Crippen LogP contribution in [0.15, 0.2) is 22.7 Å². The summed E-state index contributed by atoms with van der Waals surface area (Å²) in [5.41, 5.74) is -1.74. The number of carbonyl (C=O) groups is 1. The third-order valence-corrected chi connectivity index (χ3v) is 5.29. The van der Waals surface area contributed by atoms with E-state index in [0.717, 1.165) is 16.9 Å². The van der Waals surface area contributed by atoms with Crippen LogP contribution < -0.4 is 5.32 Å². The Hall–Kier alpha value is -3.38. The van der Waals surface area contributed by atoms with E-state index in [0.29, 0.717) is 42.3 Å². The minimum absolute atomic E-state index is 0.0496. The molecule has 13 heteroatoms. The SMILES string of the molecule is Cc1cnc(C(F)(F)F)cc1-c1nc2c(o1)CCC[C@@H]2NC(=O)c1cc(C(F)(F)F)nn1C. The molecule has 0 saturated carbocycles. The molecule has 0 fully saturated rings. The molecule has 7 nitrogen and oxygen atoms in total. The molecule has 3 aromatic heterocycles. The van der Waals surface area contributed by atoms with Gasteiger partial charge in [-0.3, -0.25) is 14.5 Å². The Morgan fingerprint density at radius 3 is 2.48 bits per heavy atom. The zero-order valence-corrected chi connectivity index (χ0v) is 17.3. The molecular weight excluding hydrogens is 456 g/mol. The van der Waals surface area contributed by atoms with Crippen LogP contribution in [-0.2, 0) is 25.8 Å². The van der Waals surface area contributed by atoms with E-state index in [4.69, 9.17) is 4.42 Å². The van der Waals surface area contributed by atoms with E-state index in [-0.39, 0.29) is 17.1 Å². The maximum absolute atomic E-state index is 13.1. The van der Waals surface area contributed by atoms with Crippen LogP contribution in [0.5, 0.6) is 0 Å². The number of pyridine rings is 1. The number of carbonyl (C=O) groups excluding carboxylic acids is 1. The first-order valence-electron chi connectivity index (χ1n) is 9.80. The lowest BCUT2D eigenvalue weighted by Gasteiger charge is -2.21. The average molecular weight is 473 g/mol. The lowest BCUT2D eigenvalue weighted by molar-refractivity contribution is -0.142. The molecule has 0 saturated heterocycles. The maximum Gasteiger partial charge on any atom is 0.435 e. The number of aromatic nitrogens is 4. The number of hydrogen-bond donors (Lipinski definition) is 1. The van der Waals surface area contributed by atoms with E-state index in [9.17, 15) is 31.1 Å². The van der Waals surface area contributed by atoms with Gasteiger partial charge in [-0.1, -0.05) is 0 Å². The van der Waals surface area contributed by atoms with Crippen molar-refractivity contribution in [1.82, 2.24) is 25.1 Å². The van der Waals surface area contributed by atoms with E-state index in [1.165, 1.54) is 7.05 Å². The minimum Gasteiger partial charge on any atom is -0.441 e. The Kier molecular flexibility index (Phi) is 5.45. The molecule has 1 aliphatic rings. The van der Waals surface area contributed by atoms with E-state index >= 15 is 0 Å². The van der Waals surface area contributed by atoms with Crippen LogP contribution in [0.1, 0.15) is 57.8 Å². The minimum atomic E-state index is -4.70. The fourth-order valence-corrected chi connectivity index (χ4v) is 3.63. The van der Waals surface area contributed by atoms with Gasteiger partial charge in [0.2, 0.25) is 5.89 Å². The van der Waals surface area contributed by atoms with Crippen molar-refractivity contribution in [2.45, 2.75) is 44.6 Å². The van der Waals surface area contributed by atoms with Gasteiger partial charge in [0.1, 0.15) is 22.8 Å². The van der Waals surface area contributed by atoms with Crippen molar-refractivity contribution in [3.63, 3.8) is 0 Å². The number of amides is 1. The smallest absolute Gasteiger partial charge is 0.435 e. The van der Waals surface area contributed by atoms with Gasteiger partial charge in [0.05, 0.1) is 6.04 Å². The van der Waals surface area contributed by atoms with Crippen LogP contribution in [0.2, 0.25) is 0 Å². The molecule has 0 aromatic carbocycles. The molecule has 3 heterocycles. The first kappa shape index (κ1) is 22.8. The van der Waals surface area contributed by atoms with Crippen molar-refractivity contribution in [3.05, 3.63) is 52.4 Å². The number of oxazole rings is 1. The number of rotatable bonds is 3. The molecule has 33 heavy (non-hydrogen) atoms. The highest BCUT2D eigenvalue weighted by Gasteiger charge is 2.37. The number of aryl methyl sites for hydroxylation is 3. The quantitative estimate of drug-likeness (QED) is 0.561. The van der Waals surface area contributed by atoms with Gasteiger partial charge in [0.25, 0.3) is 5.91 Å². The zero-order valence-electron chi connectivity index (χ0n) is 17.3. The summed E-state index contributed by atoms with van der Waals surface area (Å²) < 4.78 is 84.5. The van der Waals surface area contributed by atoms with E-state index in [1.54, 1.807) is 6.92 Å². The van der Waals surface area contributed by atoms with Gasteiger partial charge in [-0.2, -0.15) is 31.4 Å². The fourth-order valence-electron chi connectivity index (χ4n) is 3.63. The second-order valence-electron chi connectivity index (χ2n) is 7.66. The van der Waals surface area contributed by atoms with Gasteiger partial charge in [0.15, 0.2) is 5.69 Å². The molecule has 1 amide bonds. The van der Waals surface area contributed by atoms with Crippen molar-refractivity contribution < 1.29 is 35.6 Å². The van der Waals surface area contributed by atoms with Gasteiger partial charge < -0.3 is 9.73 Å². The number of halogens is 6. The van der Waals surface area contributed by atoms with Gasteiger partial charge in [-0.15, -0.1) is 0 Å². The van der Waals surface area contributed by atoms with Gasteiger partial charge in [-0.25, -0.2) is 4.98 Å². The summed E-state index contributed by atoms with van der Waals surface area (Å²) in [6.45, 7) is 1.56. The third kappa shape index (κ3) is 4.44. The largest absolute Gasteiger partial charge is 0.441 e. The van der Waals surface area contributed by atoms with Crippen LogP contribution in [-0.4, -0.2) is 25.7 Å². The number of alkyl halides is 6. The Labute approximate surface area is 182 Å². The van der Waals surface area contributed by atoms with Crippen molar-refractivity contribution in [2.75, 3.05) is 0 Å². The topological polar surface area (TPSA) is 85.8 Å². The molecule has 3 aromatic rings. The number of nitrogens with zero attached hydrogens (tertiary/aromatic N) is 4. The average Bonchev–Trinajstić information content (AvgIpc) is 3.31. The van der Waals surface area contributed by atoms with Crippen molar-refractivity contribution in [2.24, 2.45) is 7.05 Å². The van der Waals surface area contributed by atoms with E-state index < -0.39 is 35.7 Å². The molecule has 0 unspecified atom stereocenters. The van der Waals surface area contributed by atoms with Crippen molar-refractivity contribution >= 4 is 5.91 Å². The monoisotopic (exact) mass is 473 g/mol. The van der Waals surface area contributed by atoms with Crippen LogP contribution in [0.3, 0.4) is 0 Å². The molecule has 0 aliphatic heterocycles. The summed E-state index contributed by atoms with van der Waals surface area (Å²) in [6.07, 6.45) is -6.82. The van der Waals surface area contributed by atoms with Crippen LogP contribution in [0.25, 0.3) is 11.5 Å². The highest BCUT2D eigenvalue weighted by Crippen LogP contribution is 2.36. The molecule has 0 bridgehead atoms. The highest BCUT2D eigenvalue weighted by atomic mass is 19.4. The number of nitrogens with one attached hydrogen (secondary N) is 1. The Morgan fingerprint density at radius 2 is 1.85 bits per heavy atom. The fraction of sp³-hybridized carbons (Fsp3) is 0.400. The molecule has 1 N–H and O–H groups in total. The summed E-state index contributed by atoms with van der Waals surface area (Å²) in [5.74, 6) is -0.443. The number of fused-ring (bicyclic) bond motifs is 1. The second kappa shape index (κ2) is 7.89. The second-order valence-corrected chi connectivity index (χ2v) is 7.66. The molecule has 1 atom stereocenters. The Bertz CT molecular complexity index is 1210. The molecule has 4 rings (SSSR count). The normalized spacial score (nSPS) is 16.5. The Balaban J connectivity index is 1.63. The summed E-state index contributed by atoms with van der Waals surface area (Å²) in [6, 6.07) is 0.799. The van der Waals surface area contributed by atoms with Crippen LogP contribution >= 0.6 is 0 Å². The molecule has 0 spiro atoms. The third-order valence-electron chi connectivity index (χ3n) is 5.29. The lowest BCUT2D eigenvalue weighted by atomic mass is 9.96. The van der Waals surface area contributed by atoms with Crippen molar-refractivity contribution in [3.8, 4) is 11.5 Å². The van der Waals surface area contributed by atoms with E-state index in [2.05, 4.69) is 20.4 Å². The molecule has 1 aliphatic carbocycles. The van der Waals surface area contributed by atoms with Crippen LogP contribution in [0, 0.1) is 6.92 Å². The summed E-state index contributed by atoms with van der Waals surface area (Å²) in [7, 11) is 1.22. The van der Waals surface area contributed by atoms with Crippen molar-refractivity contribution in [1.29, 1.82) is 0 Å². The van der Waals surface area contributed by atoms with Gasteiger partial charge in [0, 0.05) is 31.3 Å². The maximum atomic E-state index is 13.1. The number of hydrogen-bond acceptors (Lipinski definition) is 5. The van der Waals surface area contributed by atoms with Gasteiger partial charge >= 0.3 is 12.4 Å². The summed E-state index contributed by atoms with van der Waals surface area (Å²) in [4.78, 5) is 20.4. The Morgan fingerprint density at radius 1 is 1.15 bits per heavy atom. The summed E-state index contributed by atoms with van der Waals surface area (Å²) in [5, 5.41) is 5.95. The molecule has 0 radical (unpaired) electrons. The standard InChI is InChI=1S/C20H17F6N5O2/c1-9-8-27-14(19(21,22)23)6-10(9)18-29-16-11(4-3-5-13(16)33-18)28-17(32)12-7-15(20(24,25)26)30-31(12)2/h6-8,11H,3-5H2,1-2H3,(H,28,32)/t11-/m0/s1. The summed E-state index contributed by atoms with van der Waals surface area (Å²) >= 11 is 0. The molecular formula is C20H17F6N5O2. The zero-order chi connectivity index (χ0) is 24.1. The molecule has 176 valence electrons.